The zero-order valence-corrected chi connectivity index (χ0v) is 15.7. The second-order valence-electron chi connectivity index (χ2n) is 6.29. The summed E-state index contributed by atoms with van der Waals surface area (Å²) in [6.07, 6.45) is -2.78. The molecule has 0 aliphatic heterocycles. The van der Waals surface area contributed by atoms with E-state index >= 15 is 0 Å². The normalized spacial score (nSPS) is 14.5. The number of carbonyl (C=O) groups excluding carboxylic acids is 1. The second kappa shape index (κ2) is 7.83. The van der Waals surface area contributed by atoms with Crippen LogP contribution in [0.2, 0.25) is 5.02 Å². The van der Waals surface area contributed by atoms with Crippen LogP contribution in [0.4, 0.5) is 13.2 Å². The number of carbonyl (C=O) groups is 1. The molecule has 0 atom stereocenters. The van der Waals surface area contributed by atoms with Gasteiger partial charge in [0.25, 0.3) is 0 Å². The fourth-order valence-corrected chi connectivity index (χ4v) is 3.41. The summed E-state index contributed by atoms with van der Waals surface area (Å²) in [4.78, 5) is 16.3. The predicted octanol–water partition coefficient (Wildman–Crippen LogP) is 5.73. The van der Waals surface area contributed by atoms with E-state index in [1.54, 1.807) is 13.0 Å². The highest BCUT2D eigenvalue weighted by Crippen LogP contribution is 2.44. The van der Waals surface area contributed by atoms with E-state index < -0.39 is 17.7 Å². The lowest BCUT2D eigenvalue weighted by Crippen LogP contribution is -2.09. The van der Waals surface area contributed by atoms with Crippen molar-refractivity contribution < 1.29 is 27.8 Å². The van der Waals surface area contributed by atoms with Crippen LogP contribution in [-0.2, 0) is 10.9 Å². The summed E-state index contributed by atoms with van der Waals surface area (Å²) in [5.74, 6) is -0.904. The molecule has 0 amide bonds. The van der Waals surface area contributed by atoms with Gasteiger partial charge in [0.15, 0.2) is 5.69 Å². The van der Waals surface area contributed by atoms with E-state index in [1.807, 2.05) is 0 Å². The lowest BCUT2D eigenvalue weighted by atomic mass is 9.97. The third-order valence-electron chi connectivity index (χ3n) is 4.49. The van der Waals surface area contributed by atoms with Crippen molar-refractivity contribution in [2.75, 3.05) is 6.61 Å². The standard InChI is InChI=1S/C20H17ClF3NO3/c1-2-28-19(27)18-15(21)7-8-16(25-18)13-5-3-4-12(13)14-10-11(20(22,23)24)6-9-17(14)26/h6-10,26H,2-5H2,1H3. The molecule has 0 saturated carbocycles. The molecular weight excluding hydrogens is 395 g/mol. The number of halogens is 4. The Bertz CT molecular complexity index is 954. The van der Waals surface area contributed by atoms with Gasteiger partial charge in [-0.1, -0.05) is 11.6 Å². The van der Waals surface area contributed by atoms with Gasteiger partial charge in [-0.3, -0.25) is 0 Å². The molecule has 28 heavy (non-hydrogen) atoms. The first kappa shape index (κ1) is 20.2. The van der Waals surface area contributed by atoms with Crippen LogP contribution in [0.1, 0.15) is 53.5 Å². The molecule has 8 heteroatoms. The molecular formula is C20H17ClF3NO3. The first-order chi connectivity index (χ1) is 13.2. The van der Waals surface area contributed by atoms with Crippen molar-refractivity contribution in [1.29, 1.82) is 0 Å². The van der Waals surface area contributed by atoms with Gasteiger partial charge < -0.3 is 9.84 Å². The molecule has 148 valence electrons. The number of hydrogen-bond acceptors (Lipinski definition) is 4. The van der Waals surface area contributed by atoms with Crippen LogP contribution in [0.15, 0.2) is 30.3 Å². The molecule has 4 nitrogen and oxygen atoms in total. The van der Waals surface area contributed by atoms with Gasteiger partial charge in [-0.15, -0.1) is 0 Å². The number of ether oxygens (including phenoxy) is 1. The summed E-state index contributed by atoms with van der Waals surface area (Å²) in [5, 5.41) is 10.3. The molecule has 0 radical (unpaired) electrons. The molecule has 0 fully saturated rings. The number of alkyl halides is 3. The van der Waals surface area contributed by atoms with Crippen molar-refractivity contribution in [3.05, 3.63) is 57.9 Å². The Morgan fingerprint density at radius 1 is 1.21 bits per heavy atom. The average molecular weight is 412 g/mol. The van der Waals surface area contributed by atoms with Crippen LogP contribution < -0.4 is 0 Å². The van der Waals surface area contributed by atoms with E-state index in [-0.39, 0.29) is 28.6 Å². The minimum atomic E-state index is -4.52. The van der Waals surface area contributed by atoms with E-state index in [4.69, 9.17) is 16.3 Å². The molecule has 0 spiro atoms. The maximum absolute atomic E-state index is 13.1. The van der Waals surface area contributed by atoms with Crippen LogP contribution in [-0.4, -0.2) is 22.7 Å². The Balaban J connectivity index is 2.11. The second-order valence-corrected chi connectivity index (χ2v) is 6.69. The Morgan fingerprint density at radius 3 is 2.61 bits per heavy atom. The van der Waals surface area contributed by atoms with Gasteiger partial charge in [0.1, 0.15) is 5.75 Å². The van der Waals surface area contributed by atoms with E-state index in [0.717, 1.165) is 18.2 Å². The number of phenols is 1. The molecule has 1 aliphatic rings. The Hall–Kier alpha value is -2.54. The van der Waals surface area contributed by atoms with Crippen LogP contribution >= 0.6 is 11.6 Å². The van der Waals surface area contributed by atoms with Crippen LogP contribution in [0.5, 0.6) is 5.75 Å². The molecule has 0 bridgehead atoms. The highest BCUT2D eigenvalue weighted by Gasteiger charge is 2.32. The van der Waals surface area contributed by atoms with Crippen LogP contribution in [0.3, 0.4) is 0 Å². The van der Waals surface area contributed by atoms with Crippen molar-refractivity contribution >= 4 is 28.7 Å². The summed E-state index contributed by atoms with van der Waals surface area (Å²) in [5.41, 5.74) is 0.918. The zero-order chi connectivity index (χ0) is 20.5. The maximum Gasteiger partial charge on any atom is 0.416 e. The van der Waals surface area contributed by atoms with Gasteiger partial charge in [0, 0.05) is 5.56 Å². The van der Waals surface area contributed by atoms with Crippen molar-refractivity contribution in [1.82, 2.24) is 4.98 Å². The number of aromatic hydroxyl groups is 1. The van der Waals surface area contributed by atoms with Crippen molar-refractivity contribution in [3.8, 4) is 5.75 Å². The van der Waals surface area contributed by atoms with Gasteiger partial charge in [-0.25, -0.2) is 9.78 Å². The fraction of sp³-hybridized carbons (Fsp3) is 0.300. The Kier molecular flexibility index (Phi) is 5.65. The first-order valence-electron chi connectivity index (χ1n) is 8.69. The van der Waals surface area contributed by atoms with Crippen molar-refractivity contribution in [2.45, 2.75) is 32.4 Å². The SMILES string of the molecule is CCOC(=O)c1nc(C2=C(c3cc(C(F)(F)F)ccc3O)CCC2)ccc1Cl. The zero-order valence-electron chi connectivity index (χ0n) is 14.9. The quantitative estimate of drug-likeness (QED) is 0.652. The minimum Gasteiger partial charge on any atom is -0.507 e. The summed E-state index contributed by atoms with van der Waals surface area (Å²) in [6.45, 7) is 1.82. The highest BCUT2D eigenvalue weighted by atomic mass is 35.5. The number of rotatable bonds is 4. The number of nitrogens with zero attached hydrogens (tertiary/aromatic N) is 1. The summed E-state index contributed by atoms with van der Waals surface area (Å²) in [7, 11) is 0. The van der Waals surface area contributed by atoms with Gasteiger partial charge in [-0.2, -0.15) is 13.2 Å². The van der Waals surface area contributed by atoms with Crippen molar-refractivity contribution in [3.63, 3.8) is 0 Å². The molecule has 2 aromatic rings. The number of esters is 1. The van der Waals surface area contributed by atoms with Gasteiger partial charge >= 0.3 is 12.1 Å². The highest BCUT2D eigenvalue weighted by molar-refractivity contribution is 6.33. The molecule has 0 unspecified atom stereocenters. The monoisotopic (exact) mass is 411 g/mol. The minimum absolute atomic E-state index is 0.0481. The molecule has 1 aliphatic carbocycles. The van der Waals surface area contributed by atoms with E-state index in [2.05, 4.69) is 4.98 Å². The predicted molar refractivity (Wildman–Crippen MR) is 99.0 cm³/mol. The van der Waals surface area contributed by atoms with Crippen LogP contribution in [0, 0.1) is 0 Å². The Labute approximate surface area is 164 Å². The van der Waals surface area contributed by atoms with E-state index in [1.165, 1.54) is 6.07 Å². The average Bonchev–Trinajstić information content (AvgIpc) is 3.11. The molecule has 1 heterocycles. The third-order valence-corrected chi connectivity index (χ3v) is 4.80. The van der Waals surface area contributed by atoms with Gasteiger partial charge in [0.05, 0.1) is 22.9 Å². The number of pyridine rings is 1. The summed E-state index contributed by atoms with van der Waals surface area (Å²) >= 11 is 6.04. The molecule has 3 rings (SSSR count). The van der Waals surface area contributed by atoms with Crippen molar-refractivity contribution in [2.24, 2.45) is 0 Å². The molecule has 1 aromatic carbocycles. The lowest BCUT2D eigenvalue weighted by Gasteiger charge is -2.14. The van der Waals surface area contributed by atoms with Crippen LogP contribution in [0.25, 0.3) is 11.1 Å². The number of aromatic nitrogens is 1. The van der Waals surface area contributed by atoms with Gasteiger partial charge in [0.2, 0.25) is 0 Å². The largest absolute Gasteiger partial charge is 0.507 e. The molecule has 1 aromatic heterocycles. The number of phenolic OH excluding ortho intramolecular Hbond substituents is 1. The van der Waals surface area contributed by atoms with E-state index in [9.17, 15) is 23.1 Å². The third kappa shape index (κ3) is 3.99. The number of benzene rings is 1. The Morgan fingerprint density at radius 2 is 1.93 bits per heavy atom. The molecule has 0 saturated heterocycles. The lowest BCUT2D eigenvalue weighted by molar-refractivity contribution is -0.137. The van der Waals surface area contributed by atoms with E-state index in [0.29, 0.717) is 36.1 Å². The number of hydrogen-bond donors (Lipinski definition) is 1. The summed E-state index contributed by atoms with van der Waals surface area (Å²) in [6, 6.07) is 5.94. The molecule has 1 N–H and O–H groups in total. The summed E-state index contributed by atoms with van der Waals surface area (Å²) < 4.78 is 44.2. The maximum atomic E-state index is 13.1. The smallest absolute Gasteiger partial charge is 0.416 e. The number of allylic oxidation sites excluding steroid dienone is 2. The van der Waals surface area contributed by atoms with Gasteiger partial charge in [-0.05, 0) is 67.7 Å². The fourth-order valence-electron chi connectivity index (χ4n) is 3.23. The topological polar surface area (TPSA) is 59.4 Å². The first-order valence-corrected chi connectivity index (χ1v) is 9.06.